The third-order valence-corrected chi connectivity index (χ3v) is 4.82. The van der Waals surface area contributed by atoms with Gasteiger partial charge < -0.3 is 10.4 Å². The first kappa shape index (κ1) is 18.4. The number of hydrogen-bond acceptors (Lipinski definition) is 5. The molecular weight excluding hydrogens is 312 g/mol. The fraction of sp³-hybridized carbons (Fsp3) is 0.571. The molecule has 0 amide bonds. The van der Waals surface area contributed by atoms with E-state index < -0.39 is 9.84 Å². The summed E-state index contributed by atoms with van der Waals surface area (Å²) in [5.74, 6) is 0. The number of halogens is 1. The highest BCUT2D eigenvalue weighted by Gasteiger charge is 2.22. The smallest absolute Gasteiger partial charge is 0.175 e. The van der Waals surface area contributed by atoms with Gasteiger partial charge in [0.05, 0.1) is 4.90 Å². The van der Waals surface area contributed by atoms with Gasteiger partial charge in [0.1, 0.15) is 0 Å². The Morgan fingerprint density at radius 2 is 1.81 bits per heavy atom. The number of piperazine rings is 1. The number of sulfone groups is 1. The van der Waals surface area contributed by atoms with Crippen LogP contribution in [0.25, 0.3) is 0 Å². The molecular formula is C14H23ClN2O3S. The number of benzene rings is 1. The SMILES string of the molecule is CS(=O)(=O)c1ccc([C@@H](CCO)N2CCNCC2)cc1.Cl. The van der Waals surface area contributed by atoms with Crippen molar-refractivity contribution >= 4 is 22.2 Å². The van der Waals surface area contributed by atoms with E-state index in [1.807, 2.05) is 12.1 Å². The van der Waals surface area contributed by atoms with Crippen molar-refractivity contribution in [1.29, 1.82) is 0 Å². The van der Waals surface area contributed by atoms with Gasteiger partial charge in [-0.15, -0.1) is 12.4 Å². The Bertz CT molecular complexity index is 528. The number of nitrogens with one attached hydrogen (secondary N) is 1. The molecule has 21 heavy (non-hydrogen) atoms. The van der Waals surface area contributed by atoms with Crippen LogP contribution in [0.5, 0.6) is 0 Å². The Labute approximate surface area is 132 Å². The van der Waals surface area contributed by atoms with Crippen LogP contribution in [0, 0.1) is 0 Å². The molecule has 120 valence electrons. The van der Waals surface area contributed by atoms with Crippen LogP contribution in [-0.2, 0) is 9.84 Å². The summed E-state index contributed by atoms with van der Waals surface area (Å²) in [6.07, 6.45) is 1.88. The van der Waals surface area contributed by atoms with Crippen LogP contribution in [0.4, 0.5) is 0 Å². The quantitative estimate of drug-likeness (QED) is 0.835. The molecule has 0 saturated carbocycles. The van der Waals surface area contributed by atoms with Crippen molar-refractivity contribution < 1.29 is 13.5 Å². The van der Waals surface area contributed by atoms with Gasteiger partial charge in [0.2, 0.25) is 0 Å². The van der Waals surface area contributed by atoms with Gasteiger partial charge in [-0.05, 0) is 24.1 Å². The maximum Gasteiger partial charge on any atom is 0.175 e. The lowest BCUT2D eigenvalue weighted by atomic mass is 10.0. The van der Waals surface area contributed by atoms with Crippen LogP contribution < -0.4 is 5.32 Å². The number of hydrogen-bond donors (Lipinski definition) is 2. The predicted octanol–water partition coefficient (Wildman–Crippen LogP) is 0.841. The highest BCUT2D eigenvalue weighted by molar-refractivity contribution is 7.90. The summed E-state index contributed by atoms with van der Waals surface area (Å²) in [5, 5.41) is 12.6. The van der Waals surface area contributed by atoms with Gasteiger partial charge >= 0.3 is 0 Å². The largest absolute Gasteiger partial charge is 0.396 e. The highest BCUT2D eigenvalue weighted by Crippen LogP contribution is 2.25. The second kappa shape index (κ2) is 8.10. The van der Waals surface area contributed by atoms with E-state index in [9.17, 15) is 13.5 Å². The van der Waals surface area contributed by atoms with Gasteiger partial charge in [0.25, 0.3) is 0 Å². The first-order valence-corrected chi connectivity index (χ1v) is 8.77. The van der Waals surface area contributed by atoms with E-state index in [2.05, 4.69) is 10.2 Å². The van der Waals surface area contributed by atoms with Crippen molar-refractivity contribution in [3.63, 3.8) is 0 Å². The molecule has 1 aromatic carbocycles. The summed E-state index contributed by atoms with van der Waals surface area (Å²) >= 11 is 0. The second-order valence-electron chi connectivity index (χ2n) is 5.16. The van der Waals surface area contributed by atoms with E-state index in [4.69, 9.17) is 0 Å². The maximum absolute atomic E-state index is 11.5. The lowest BCUT2D eigenvalue weighted by Gasteiger charge is -2.35. The average Bonchev–Trinajstić information content (AvgIpc) is 2.45. The first-order valence-electron chi connectivity index (χ1n) is 6.88. The number of aliphatic hydroxyl groups is 1. The minimum Gasteiger partial charge on any atom is -0.396 e. The summed E-state index contributed by atoms with van der Waals surface area (Å²) < 4.78 is 23.0. The van der Waals surface area contributed by atoms with Gasteiger partial charge in [-0.3, -0.25) is 4.90 Å². The third-order valence-electron chi connectivity index (χ3n) is 3.69. The van der Waals surface area contributed by atoms with Crippen LogP contribution in [-0.4, -0.2) is 57.5 Å². The van der Waals surface area contributed by atoms with Crippen molar-refractivity contribution in [2.24, 2.45) is 0 Å². The van der Waals surface area contributed by atoms with Crippen LogP contribution >= 0.6 is 12.4 Å². The zero-order valence-corrected chi connectivity index (χ0v) is 13.8. The molecule has 1 saturated heterocycles. The Morgan fingerprint density at radius 1 is 1.24 bits per heavy atom. The molecule has 0 aromatic heterocycles. The van der Waals surface area contributed by atoms with E-state index in [0.29, 0.717) is 11.3 Å². The Morgan fingerprint density at radius 3 is 2.29 bits per heavy atom. The van der Waals surface area contributed by atoms with Crippen LogP contribution in [0.3, 0.4) is 0 Å². The first-order chi connectivity index (χ1) is 9.52. The lowest BCUT2D eigenvalue weighted by molar-refractivity contribution is 0.141. The standard InChI is InChI=1S/C14H22N2O3S.ClH/c1-20(18,19)13-4-2-12(3-5-13)14(6-11-17)16-9-7-15-8-10-16;/h2-5,14-15,17H,6-11H2,1H3;1H/t14-;/m1./s1. The zero-order chi connectivity index (χ0) is 14.6. The molecule has 1 atom stereocenters. The molecule has 7 heteroatoms. The summed E-state index contributed by atoms with van der Waals surface area (Å²) in [5.41, 5.74) is 1.06. The van der Waals surface area contributed by atoms with E-state index in [-0.39, 0.29) is 25.1 Å². The van der Waals surface area contributed by atoms with Crippen LogP contribution in [0.1, 0.15) is 18.0 Å². The fourth-order valence-corrected chi connectivity index (χ4v) is 3.24. The van der Waals surface area contributed by atoms with Crippen molar-refractivity contribution in [3.05, 3.63) is 29.8 Å². The topological polar surface area (TPSA) is 69.6 Å². The van der Waals surface area contributed by atoms with E-state index in [0.717, 1.165) is 31.7 Å². The molecule has 1 heterocycles. The monoisotopic (exact) mass is 334 g/mol. The summed E-state index contributed by atoms with van der Waals surface area (Å²) in [6.45, 7) is 3.91. The number of aliphatic hydroxyl groups excluding tert-OH is 1. The Hall–Kier alpha value is -0.660. The summed E-state index contributed by atoms with van der Waals surface area (Å²) in [7, 11) is -3.16. The molecule has 0 bridgehead atoms. The van der Waals surface area contributed by atoms with Gasteiger partial charge in [-0.1, -0.05) is 12.1 Å². The van der Waals surface area contributed by atoms with Crippen molar-refractivity contribution in [3.8, 4) is 0 Å². The number of nitrogens with zero attached hydrogens (tertiary/aromatic N) is 1. The van der Waals surface area contributed by atoms with Crippen molar-refractivity contribution in [2.45, 2.75) is 17.4 Å². The van der Waals surface area contributed by atoms with E-state index in [1.165, 1.54) is 6.26 Å². The molecule has 1 aliphatic rings. The number of rotatable bonds is 5. The fourth-order valence-electron chi connectivity index (χ4n) is 2.61. The average molecular weight is 335 g/mol. The van der Waals surface area contributed by atoms with Crippen molar-refractivity contribution in [1.82, 2.24) is 10.2 Å². The lowest BCUT2D eigenvalue weighted by Crippen LogP contribution is -2.45. The predicted molar refractivity (Wildman–Crippen MR) is 85.7 cm³/mol. The minimum absolute atomic E-state index is 0. The van der Waals surface area contributed by atoms with Crippen molar-refractivity contribution in [2.75, 3.05) is 39.0 Å². The normalized spacial score (nSPS) is 18.0. The molecule has 0 radical (unpaired) electrons. The molecule has 0 unspecified atom stereocenters. The molecule has 2 rings (SSSR count). The van der Waals surface area contributed by atoms with Gasteiger partial charge in [0, 0.05) is 45.1 Å². The van der Waals surface area contributed by atoms with E-state index in [1.54, 1.807) is 12.1 Å². The molecule has 5 nitrogen and oxygen atoms in total. The summed E-state index contributed by atoms with van der Waals surface area (Å²) in [4.78, 5) is 2.67. The molecule has 0 aliphatic carbocycles. The van der Waals surface area contributed by atoms with Gasteiger partial charge in [0.15, 0.2) is 9.84 Å². The maximum atomic E-state index is 11.5. The molecule has 0 spiro atoms. The van der Waals surface area contributed by atoms with Crippen LogP contribution in [0.15, 0.2) is 29.2 Å². The summed E-state index contributed by atoms with van der Waals surface area (Å²) in [6, 6.07) is 7.17. The highest BCUT2D eigenvalue weighted by atomic mass is 35.5. The second-order valence-corrected chi connectivity index (χ2v) is 7.17. The Balaban J connectivity index is 0.00000220. The van der Waals surface area contributed by atoms with Crippen LogP contribution in [0.2, 0.25) is 0 Å². The Kier molecular flexibility index (Phi) is 7.09. The molecule has 1 fully saturated rings. The van der Waals surface area contributed by atoms with Gasteiger partial charge in [-0.25, -0.2) is 8.42 Å². The molecule has 1 aliphatic heterocycles. The zero-order valence-electron chi connectivity index (χ0n) is 12.2. The molecule has 1 aromatic rings. The minimum atomic E-state index is -3.16. The van der Waals surface area contributed by atoms with Gasteiger partial charge in [-0.2, -0.15) is 0 Å². The third kappa shape index (κ3) is 4.93. The molecule has 2 N–H and O–H groups in total. The van der Waals surface area contributed by atoms with E-state index >= 15 is 0 Å².